The Hall–Kier alpha value is -1.83. The Morgan fingerprint density at radius 3 is 2.53 bits per heavy atom. The Bertz CT molecular complexity index is 408. The zero-order chi connectivity index (χ0) is 10.5. The molecule has 0 aliphatic carbocycles. The van der Waals surface area contributed by atoms with Crippen LogP contribution in [0, 0.1) is 6.92 Å². The molecule has 1 radical (unpaired) electrons. The van der Waals surface area contributed by atoms with Crippen molar-refractivity contribution >= 4 is 0 Å². The Morgan fingerprint density at radius 2 is 1.87 bits per heavy atom. The SMILES string of the molecule is [CH2]c1ccc(OCc2ccccc2)cn1. The molecule has 0 atom stereocenters. The predicted molar refractivity (Wildman–Crippen MR) is 59.5 cm³/mol. The highest BCUT2D eigenvalue weighted by atomic mass is 16.5. The highest BCUT2D eigenvalue weighted by molar-refractivity contribution is 5.22. The third-order valence-corrected chi connectivity index (χ3v) is 2.05. The summed E-state index contributed by atoms with van der Waals surface area (Å²) in [5.41, 5.74) is 1.90. The summed E-state index contributed by atoms with van der Waals surface area (Å²) >= 11 is 0. The lowest BCUT2D eigenvalue weighted by atomic mass is 10.2. The number of rotatable bonds is 3. The van der Waals surface area contributed by atoms with E-state index < -0.39 is 0 Å². The Kier molecular flexibility index (Phi) is 2.98. The number of nitrogens with zero attached hydrogens (tertiary/aromatic N) is 1. The van der Waals surface area contributed by atoms with E-state index in [1.165, 1.54) is 0 Å². The molecule has 0 bridgehead atoms. The molecule has 0 saturated heterocycles. The molecule has 2 heteroatoms. The van der Waals surface area contributed by atoms with Gasteiger partial charge in [-0.05, 0) is 24.6 Å². The predicted octanol–water partition coefficient (Wildman–Crippen LogP) is 2.84. The van der Waals surface area contributed by atoms with Gasteiger partial charge in [0, 0.05) is 5.69 Å². The number of benzene rings is 1. The van der Waals surface area contributed by atoms with E-state index in [1.807, 2.05) is 42.5 Å². The molecule has 75 valence electrons. The van der Waals surface area contributed by atoms with Gasteiger partial charge in [0.05, 0.1) is 6.20 Å². The molecule has 0 N–H and O–H groups in total. The molecule has 0 unspecified atom stereocenters. The van der Waals surface area contributed by atoms with Crippen molar-refractivity contribution in [3.8, 4) is 5.75 Å². The van der Waals surface area contributed by atoms with E-state index in [1.54, 1.807) is 6.20 Å². The Balaban J connectivity index is 1.96. The Labute approximate surface area is 89.6 Å². The van der Waals surface area contributed by atoms with E-state index in [-0.39, 0.29) is 0 Å². The van der Waals surface area contributed by atoms with Crippen LogP contribution in [-0.2, 0) is 6.61 Å². The molecule has 0 fully saturated rings. The van der Waals surface area contributed by atoms with Crippen molar-refractivity contribution in [2.75, 3.05) is 0 Å². The van der Waals surface area contributed by atoms with Crippen molar-refractivity contribution in [1.82, 2.24) is 4.98 Å². The number of ether oxygens (including phenoxy) is 1. The summed E-state index contributed by atoms with van der Waals surface area (Å²) in [5.74, 6) is 0.770. The quantitative estimate of drug-likeness (QED) is 0.756. The van der Waals surface area contributed by atoms with Crippen LogP contribution in [0.15, 0.2) is 48.7 Å². The highest BCUT2D eigenvalue weighted by Crippen LogP contribution is 2.11. The van der Waals surface area contributed by atoms with Gasteiger partial charge in [0.25, 0.3) is 0 Å². The average Bonchev–Trinajstić information content (AvgIpc) is 2.30. The molecule has 2 rings (SSSR count). The van der Waals surface area contributed by atoms with Gasteiger partial charge in [-0.25, -0.2) is 0 Å². The number of pyridine rings is 1. The van der Waals surface area contributed by atoms with E-state index in [4.69, 9.17) is 4.74 Å². The maximum Gasteiger partial charge on any atom is 0.138 e. The summed E-state index contributed by atoms with van der Waals surface area (Å²) < 4.78 is 5.56. The first-order chi connectivity index (χ1) is 7.34. The van der Waals surface area contributed by atoms with E-state index >= 15 is 0 Å². The van der Waals surface area contributed by atoms with Crippen molar-refractivity contribution in [2.24, 2.45) is 0 Å². The van der Waals surface area contributed by atoms with Gasteiger partial charge in [0.15, 0.2) is 0 Å². The van der Waals surface area contributed by atoms with Crippen LogP contribution in [0.25, 0.3) is 0 Å². The van der Waals surface area contributed by atoms with Crippen LogP contribution in [-0.4, -0.2) is 4.98 Å². The van der Waals surface area contributed by atoms with Gasteiger partial charge in [-0.15, -0.1) is 0 Å². The largest absolute Gasteiger partial charge is 0.487 e. The molecule has 2 aromatic rings. The first kappa shape index (κ1) is 9.71. The van der Waals surface area contributed by atoms with E-state index in [9.17, 15) is 0 Å². The van der Waals surface area contributed by atoms with Crippen molar-refractivity contribution < 1.29 is 4.74 Å². The highest BCUT2D eigenvalue weighted by Gasteiger charge is 1.95. The van der Waals surface area contributed by atoms with Crippen LogP contribution < -0.4 is 4.74 Å². The summed E-state index contributed by atoms with van der Waals surface area (Å²) in [6.07, 6.45) is 1.69. The van der Waals surface area contributed by atoms with Crippen molar-refractivity contribution in [3.63, 3.8) is 0 Å². The molecule has 2 nitrogen and oxygen atoms in total. The summed E-state index contributed by atoms with van der Waals surface area (Å²) in [6.45, 7) is 4.28. The minimum Gasteiger partial charge on any atom is -0.487 e. The molecule has 0 amide bonds. The van der Waals surface area contributed by atoms with Gasteiger partial charge in [-0.2, -0.15) is 0 Å². The Morgan fingerprint density at radius 1 is 1.07 bits per heavy atom. The van der Waals surface area contributed by atoms with Gasteiger partial charge < -0.3 is 4.74 Å². The molecule has 0 aliphatic rings. The third-order valence-electron chi connectivity index (χ3n) is 2.05. The molecule has 0 spiro atoms. The van der Waals surface area contributed by atoms with E-state index in [0.29, 0.717) is 6.61 Å². The van der Waals surface area contributed by atoms with E-state index in [0.717, 1.165) is 17.0 Å². The summed E-state index contributed by atoms with van der Waals surface area (Å²) in [7, 11) is 0. The number of aromatic nitrogens is 1. The molecule has 0 aliphatic heterocycles. The van der Waals surface area contributed by atoms with Crippen molar-refractivity contribution in [3.05, 3.63) is 66.8 Å². The van der Waals surface area contributed by atoms with Crippen LogP contribution in [0.4, 0.5) is 0 Å². The minimum atomic E-state index is 0.568. The van der Waals surface area contributed by atoms with Gasteiger partial charge in [0.1, 0.15) is 12.4 Å². The van der Waals surface area contributed by atoms with Gasteiger partial charge in [-0.3, -0.25) is 4.98 Å². The lowest BCUT2D eigenvalue weighted by Crippen LogP contribution is -1.95. The van der Waals surface area contributed by atoms with Gasteiger partial charge in [0.2, 0.25) is 0 Å². The number of hydrogen-bond donors (Lipinski definition) is 0. The maximum absolute atomic E-state index is 5.56. The molecule has 1 heterocycles. The summed E-state index contributed by atoms with van der Waals surface area (Å²) in [4.78, 5) is 4.06. The zero-order valence-corrected chi connectivity index (χ0v) is 8.39. The van der Waals surface area contributed by atoms with Gasteiger partial charge >= 0.3 is 0 Å². The first-order valence-corrected chi connectivity index (χ1v) is 4.79. The lowest BCUT2D eigenvalue weighted by Gasteiger charge is -2.05. The molecule has 0 saturated carbocycles. The molecule has 1 aromatic heterocycles. The fraction of sp³-hybridized carbons (Fsp3) is 0.0769. The first-order valence-electron chi connectivity index (χ1n) is 4.79. The standard InChI is InChI=1S/C13H12NO/c1-11-7-8-13(9-14-11)15-10-12-5-3-2-4-6-12/h2-9H,1,10H2. The van der Waals surface area contributed by atoms with Crippen LogP contribution >= 0.6 is 0 Å². The van der Waals surface area contributed by atoms with Crippen molar-refractivity contribution in [2.45, 2.75) is 6.61 Å². The van der Waals surface area contributed by atoms with Crippen molar-refractivity contribution in [1.29, 1.82) is 0 Å². The lowest BCUT2D eigenvalue weighted by molar-refractivity contribution is 0.305. The third kappa shape index (κ3) is 2.81. The van der Waals surface area contributed by atoms with Gasteiger partial charge in [-0.1, -0.05) is 30.3 Å². The topological polar surface area (TPSA) is 22.1 Å². The van der Waals surface area contributed by atoms with E-state index in [2.05, 4.69) is 11.9 Å². The minimum absolute atomic E-state index is 0.568. The molecular formula is C13H12NO. The number of hydrogen-bond acceptors (Lipinski definition) is 2. The monoisotopic (exact) mass is 198 g/mol. The molecule has 1 aromatic carbocycles. The second-order valence-electron chi connectivity index (χ2n) is 3.26. The normalized spacial score (nSPS) is 9.93. The van der Waals surface area contributed by atoms with Crippen LogP contribution in [0.2, 0.25) is 0 Å². The smallest absolute Gasteiger partial charge is 0.138 e. The zero-order valence-electron chi connectivity index (χ0n) is 8.39. The maximum atomic E-state index is 5.56. The second-order valence-corrected chi connectivity index (χ2v) is 3.26. The summed E-state index contributed by atoms with van der Waals surface area (Å²) in [5, 5.41) is 0. The van der Waals surface area contributed by atoms with Crippen LogP contribution in [0.5, 0.6) is 5.75 Å². The fourth-order valence-corrected chi connectivity index (χ4v) is 1.24. The fourth-order valence-electron chi connectivity index (χ4n) is 1.24. The average molecular weight is 198 g/mol. The molecule has 15 heavy (non-hydrogen) atoms. The van der Waals surface area contributed by atoms with Crippen LogP contribution in [0.1, 0.15) is 11.3 Å². The molecular weight excluding hydrogens is 186 g/mol. The summed E-state index contributed by atoms with van der Waals surface area (Å²) in [6, 6.07) is 13.7. The second kappa shape index (κ2) is 4.60. The van der Waals surface area contributed by atoms with Crippen LogP contribution in [0.3, 0.4) is 0 Å².